The molecule has 6 aromatic rings. The van der Waals surface area contributed by atoms with E-state index in [1.807, 2.05) is 65.3 Å². The summed E-state index contributed by atoms with van der Waals surface area (Å²) < 4.78 is 73.4. The zero-order valence-corrected chi connectivity index (χ0v) is 44.1. The van der Waals surface area contributed by atoms with Crippen LogP contribution in [0.3, 0.4) is 0 Å². The first-order chi connectivity index (χ1) is 35.0. The number of nitrogens with zero attached hydrogens (tertiary/aromatic N) is 6. The van der Waals surface area contributed by atoms with Gasteiger partial charge in [0.05, 0.1) is 47.5 Å². The third-order valence-corrected chi connectivity index (χ3v) is 15.6. The van der Waals surface area contributed by atoms with Crippen LogP contribution in [0.25, 0.3) is 0 Å². The molecule has 0 radical (unpaired) electrons. The van der Waals surface area contributed by atoms with E-state index in [-0.39, 0.29) is 21.6 Å². The van der Waals surface area contributed by atoms with E-state index in [9.17, 15) is 26.4 Å². The quantitative estimate of drug-likeness (QED) is 0.110. The molecule has 0 saturated heterocycles. The van der Waals surface area contributed by atoms with Gasteiger partial charge in [0.15, 0.2) is 0 Å². The average Bonchev–Trinajstić information content (AvgIpc) is 4.24. The van der Waals surface area contributed by atoms with Gasteiger partial charge in [-0.3, -0.25) is 28.1 Å². The lowest BCUT2D eigenvalue weighted by molar-refractivity contribution is 0.0703. The van der Waals surface area contributed by atoms with Crippen molar-refractivity contribution in [3.05, 3.63) is 154 Å². The van der Waals surface area contributed by atoms with E-state index in [0.717, 1.165) is 115 Å². The summed E-state index contributed by atoms with van der Waals surface area (Å²) in [4.78, 5) is 30.4. The minimum absolute atomic E-state index is 0.0666. The van der Waals surface area contributed by atoms with Gasteiger partial charge in [-0.1, -0.05) is 99.7 Å². The van der Waals surface area contributed by atoms with E-state index < -0.39 is 20.2 Å². The van der Waals surface area contributed by atoms with Gasteiger partial charge in [0.25, 0.3) is 32.1 Å². The number of carbonyl (C=O) groups excluding carboxylic acids is 2. The van der Waals surface area contributed by atoms with E-state index in [1.165, 1.54) is 61.1 Å². The van der Waals surface area contributed by atoms with Crippen LogP contribution < -0.4 is 9.47 Å². The van der Waals surface area contributed by atoms with E-state index in [4.69, 9.17) is 28.8 Å². The molecule has 2 aliphatic carbocycles. The highest BCUT2D eigenvalue weighted by atomic mass is 32.2. The second kappa shape index (κ2) is 24.6. The van der Waals surface area contributed by atoms with Crippen molar-refractivity contribution >= 4 is 32.1 Å². The van der Waals surface area contributed by atoms with Crippen LogP contribution in [0.15, 0.2) is 113 Å². The molecule has 18 heteroatoms. The summed E-state index contributed by atoms with van der Waals surface area (Å²) in [6.45, 7) is 8.92. The molecule has 0 atom stereocenters. The summed E-state index contributed by atoms with van der Waals surface area (Å²) in [5, 5.41) is 9.72. The number of amides is 2. The zero-order chi connectivity index (χ0) is 52.3. The largest absolute Gasteiger partial charge is 0.497 e. The molecular weight excluding hydrogens is 969 g/mol. The normalized spacial score (nSPS) is 15.8. The first-order valence-corrected chi connectivity index (χ1v) is 28.0. The van der Waals surface area contributed by atoms with Gasteiger partial charge in [-0.05, 0) is 118 Å². The van der Waals surface area contributed by atoms with Crippen molar-refractivity contribution in [1.29, 1.82) is 0 Å². The molecule has 2 N–H and O–H groups in total. The SMILES string of the molecule is CCc1nn(C2CCCC2)c2c1CCN(Cc1ccc(OC)cc1)C2=O.CCc1nn(C2CCCC2)c2c1CCN(Cc1ccc(OC)cc1)C2=O.Cc1ccc(S(=O)(=O)O)cc1.O=S(=O)(O)c1ccccc1. The highest BCUT2D eigenvalue weighted by Crippen LogP contribution is 2.36. The molecular formula is C55H68N6O10S2. The monoisotopic (exact) mass is 1040 g/mol. The number of aromatic nitrogens is 4. The van der Waals surface area contributed by atoms with Crippen LogP contribution in [0.1, 0.15) is 137 Å². The Kier molecular flexibility index (Phi) is 18.3. The molecule has 2 saturated carbocycles. The predicted molar refractivity (Wildman–Crippen MR) is 278 cm³/mol. The Morgan fingerprint density at radius 2 is 0.918 bits per heavy atom. The van der Waals surface area contributed by atoms with Gasteiger partial charge in [0, 0.05) is 37.3 Å². The van der Waals surface area contributed by atoms with Crippen molar-refractivity contribution in [2.45, 2.75) is 133 Å². The molecule has 0 spiro atoms. The smallest absolute Gasteiger partial charge is 0.294 e. The van der Waals surface area contributed by atoms with Crippen LogP contribution in [0.5, 0.6) is 11.5 Å². The van der Waals surface area contributed by atoms with Crippen LogP contribution in [0, 0.1) is 6.92 Å². The standard InChI is InChI=1S/2C21H27N3O2.C7H8O3S.C6H6O3S/c2*1-3-19-18-12-13-23(14-15-8-10-17(26-2)11-9-15)21(25)20(18)24(22-19)16-6-4-5-7-16;1-6-2-4-7(5-3-6)11(8,9)10;7-10(8,9)6-4-2-1-3-5-6/h2*8-11,16H,3-7,12-14H2,1-2H3;2-5H,1H3,(H,8,9,10);1-5H,(H,7,8,9). The van der Waals surface area contributed by atoms with Gasteiger partial charge in [-0.2, -0.15) is 27.0 Å². The number of rotatable bonds is 12. The summed E-state index contributed by atoms with van der Waals surface area (Å²) in [6, 6.07) is 30.2. The molecule has 390 valence electrons. The molecule has 4 heterocycles. The fourth-order valence-corrected chi connectivity index (χ4v) is 10.9. The van der Waals surface area contributed by atoms with Crippen molar-refractivity contribution in [3.8, 4) is 11.5 Å². The highest BCUT2D eigenvalue weighted by Gasteiger charge is 2.36. The molecule has 2 amide bonds. The Balaban J connectivity index is 0.000000155. The van der Waals surface area contributed by atoms with Crippen molar-refractivity contribution in [3.63, 3.8) is 0 Å². The van der Waals surface area contributed by atoms with Crippen LogP contribution >= 0.6 is 0 Å². The van der Waals surface area contributed by atoms with E-state index in [1.54, 1.807) is 44.6 Å². The van der Waals surface area contributed by atoms with Crippen LogP contribution in [0.2, 0.25) is 0 Å². The lowest BCUT2D eigenvalue weighted by atomic mass is 10.0. The summed E-state index contributed by atoms with van der Waals surface area (Å²) in [7, 11) is -4.69. The molecule has 4 aromatic carbocycles. The average molecular weight is 1040 g/mol. The number of carbonyl (C=O) groups is 2. The second-order valence-corrected chi connectivity index (χ2v) is 21.6. The van der Waals surface area contributed by atoms with Gasteiger partial charge in [0.2, 0.25) is 0 Å². The van der Waals surface area contributed by atoms with Crippen LogP contribution in [0.4, 0.5) is 0 Å². The molecule has 10 rings (SSSR count). The summed E-state index contributed by atoms with van der Waals surface area (Å²) in [5.74, 6) is 1.96. The Morgan fingerprint density at radius 1 is 0.548 bits per heavy atom. The van der Waals surface area contributed by atoms with E-state index in [2.05, 4.69) is 23.2 Å². The molecule has 2 fully saturated rings. The number of methoxy groups -OCH3 is 2. The first-order valence-electron chi connectivity index (χ1n) is 25.1. The summed E-state index contributed by atoms with van der Waals surface area (Å²) in [5.41, 5.74) is 9.54. The van der Waals surface area contributed by atoms with Gasteiger partial charge in [-0.25, -0.2) is 0 Å². The number of aryl methyl sites for hydroxylation is 3. The van der Waals surface area contributed by atoms with Crippen molar-refractivity contribution in [2.75, 3.05) is 27.3 Å². The Labute approximate surface area is 429 Å². The van der Waals surface area contributed by atoms with Gasteiger partial charge in [-0.15, -0.1) is 0 Å². The third-order valence-electron chi connectivity index (χ3n) is 13.9. The van der Waals surface area contributed by atoms with Crippen molar-refractivity contribution in [1.82, 2.24) is 29.4 Å². The predicted octanol–water partition coefficient (Wildman–Crippen LogP) is 9.71. The molecule has 16 nitrogen and oxygen atoms in total. The third kappa shape index (κ3) is 13.6. The highest BCUT2D eigenvalue weighted by molar-refractivity contribution is 7.86. The minimum Gasteiger partial charge on any atom is -0.497 e. The maximum Gasteiger partial charge on any atom is 0.294 e. The fourth-order valence-electron chi connectivity index (χ4n) is 9.91. The van der Waals surface area contributed by atoms with Crippen LogP contribution in [-0.2, 0) is 59.0 Å². The van der Waals surface area contributed by atoms with E-state index in [0.29, 0.717) is 25.2 Å². The van der Waals surface area contributed by atoms with Crippen LogP contribution in [-0.4, -0.2) is 94.4 Å². The number of fused-ring (bicyclic) bond motifs is 2. The molecule has 4 aliphatic rings. The van der Waals surface area contributed by atoms with Gasteiger partial charge < -0.3 is 19.3 Å². The topological polar surface area (TPSA) is 203 Å². The lowest BCUT2D eigenvalue weighted by Crippen LogP contribution is -2.38. The molecule has 73 heavy (non-hydrogen) atoms. The molecule has 0 bridgehead atoms. The maximum atomic E-state index is 13.3. The number of benzene rings is 4. The Morgan fingerprint density at radius 3 is 1.25 bits per heavy atom. The minimum atomic E-state index is -4.02. The number of ether oxygens (including phenoxy) is 2. The first kappa shape index (κ1) is 54.4. The zero-order valence-electron chi connectivity index (χ0n) is 42.4. The van der Waals surface area contributed by atoms with Gasteiger partial charge >= 0.3 is 0 Å². The second-order valence-electron chi connectivity index (χ2n) is 18.7. The summed E-state index contributed by atoms with van der Waals surface area (Å²) >= 11 is 0. The number of hydrogen-bond donors (Lipinski definition) is 2. The molecule has 2 aromatic heterocycles. The fraction of sp³-hybridized carbons (Fsp3) is 0.418. The molecule has 0 unspecified atom stereocenters. The van der Waals surface area contributed by atoms with E-state index >= 15 is 0 Å². The van der Waals surface area contributed by atoms with Crippen molar-refractivity contribution in [2.24, 2.45) is 0 Å². The van der Waals surface area contributed by atoms with Crippen molar-refractivity contribution < 1.29 is 45.0 Å². The Hall–Kier alpha value is -6.34. The van der Waals surface area contributed by atoms with Gasteiger partial charge in [0.1, 0.15) is 22.9 Å². The summed E-state index contributed by atoms with van der Waals surface area (Å²) in [6.07, 6.45) is 13.1. The molecule has 2 aliphatic heterocycles. The number of hydrogen-bond acceptors (Lipinski definition) is 10. The lowest BCUT2D eigenvalue weighted by Gasteiger charge is -2.28. The Bertz CT molecular complexity index is 2880. The maximum absolute atomic E-state index is 13.3.